The summed E-state index contributed by atoms with van der Waals surface area (Å²) in [5, 5.41) is 0. The number of carbonyl (C=O) groups excluding carboxylic acids is 2. The summed E-state index contributed by atoms with van der Waals surface area (Å²) < 4.78 is 5.64. The van der Waals surface area contributed by atoms with E-state index in [4.69, 9.17) is 4.74 Å². The predicted octanol–water partition coefficient (Wildman–Crippen LogP) is 2.41. The second-order valence-electron chi connectivity index (χ2n) is 4.12. The van der Waals surface area contributed by atoms with E-state index in [0.29, 0.717) is 28.9 Å². The van der Waals surface area contributed by atoms with E-state index in [2.05, 4.69) is 15.9 Å². The second kappa shape index (κ2) is 5.63. The molecule has 4 nitrogen and oxygen atoms in total. The van der Waals surface area contributed by atoms with Crippen LogP contribution in [0.3, 0.4) is 0 Å². The maximum Gasteiger partial charge on any atom is 0.299 e. The summed E-state index contributed by atoms with van der Waals surface area (Å²) in [6.07, 6.45) is 1.69. The van der Waals surface area contributed by atoms with Gasteiger partial charge in [-0.05, 0) is 40.9 Å². The Bertz CT molecular complexity index is 487. The van der Waals surface area contributed by atoms with E-state index in [1.54, 1.807) is 24.1 Å². The maximum absolute atomic E-state index is 11.9. The molecule has 18 heavy (non-hydrogen) atoms. The number of anilines is 1. The van der Waals surface area contributed by atoms with Crippen molar-refractivity contribution in [1.82, 2.24) is 0 Å². The van der Waals surface area contributed by atoms with Crippen LogP contribution in [0.25, 0.3) is 0 Å². The lowest BCUT2D eigenvalue weighted by Gasteiger charge is -2.16. The summed E-state index contributed by atoms with van der Waals surface area (Å²) in [5.74, 6) is -0.862. The van der Waals surface area contributed by atoms with Gasteiger partial charge in [-0.1, -0.05) is 6.07 Å². The van der Waals surface area contributed by atoms with Crippen LogP contribution in [0.1, 0.15) is 23.2 Å². The number of ether oxygens (including phenoxy) is 1. The van der Waals surface area contributed by atoms with Crippen LogP contribution in [0.4, 0.5) is 5.69 Å². The lowest BCUT2D eigenvalue weighted by atomic mass is 10.1. The van der Waals surface area contributed by atoms with Crippen LogP contribution in [0.2, 0.25) is 0 Å². The van der Waals surface area contributed by atoms with Gasteiger partial charge in [0.05, 0.1) is 11.3 Å². The molecule has 0 bridgehead atoms. The number of rotatable bonds is 5. The Labute approximate surface area is 114 Å². The van der Waals surface area contributed by atoms with Gasteiger partial charge in [0.25, 0.3) is 11.7 Å². The molecule has 0 N–H and O–H groups in total. The molecule has 1 aliphatic rings. The van der Waals surface area contributed by atoms with Crippen molar-refractivity contribution in [3.8, 4) is 0 Å². The van der Waals surface area contributed by atoms with Crippen molar-refractivity contribution < 1.29 is 14.3 Å². The summed E-state index contributed by atoms with van der Waals surface area (Å²) in [6.45, 7) is 1.22. The maximum atomic E-state index is 11.9. The van der Waals surface area contributed by atoms with Crippen LogP contribution in [-0.4, -0.2) is 32.0 Å². The average molecular weight is 312 g/mol. The van der Waals surface area contributed by atoms with Crippen molar-refractivity contribution in [3.63, 3.8) is 0 Å². The zero-order chi connectivity index (χ0) is 13.1. The number of benzene rings is 1. The van der Waals surface area contributed by atoms with Gasteiger partial charge in [0.2, 0.25) is 0 Å². The van der Waals surface area contributed by atoms with Crippen molar-refractivity contribution in [3.05, 3.63) is 28.2 Å². The van der Waals surface area contributed by atoms with Gasteiger partial charge < -0.3 is 9.64 Å². The first-order valence-corrected chi connectivity index (χ1v) is 6.59. The molecule has 1 aliphatic heterocycles. The zero-order valence-corrected chi connectivity index (χ0v) is 11.7. The van der Waals surface area contributed by atoms with E-state index in [0.717, 1.165) is 12.8 Å². The number of nitrogens with zero attached hydrogens (tertiary/aromatic N) is 1. The van der Waals surface area contributed by atoms with Crippen LogP contribution >= 0.6 is 15.9 Å². The number of halogens is 1. The van der Waals surface area contributed by atoms with Gasteiger partial charge in [-0.15, -0.1) is 0 Å². The van der Waals surface area contributed by atoms with Gasteiger partial charge in [0.15, 0.2) is 0 Å². The monoisotopic (exact) mass is 311 g/mol. The highest BCUT2D eigenvalue weighted by molar-refractivity contribution is 9.10. The fraction of sp³-hybridized carbons (Fsp3) is 0.385. The Balaban J connectivity index is 2.16. The van der Waals surface area contributed by atoms with Gasteiger partial charge in [0.1, 0.15) is 0 Å². The summed E-state index contributed by atoms with van der Waals surface area (Å²) in [6, 6.07) is 5.41. The van der Waals surface area contributed by atoms with E-state index in [9.17, 15) is 9.59 Å². The number of amides is 1. The minimum absolute atomic E-state index is 0.427. The predicted molar refractivity (Wildman–Crippen MR) is 71.9 cm³/mol. The third kappa shape index (κ3) is 2.33. The first kappa shape index (κ1) is 13.2. The molecule has 0 saturated carbocycles. The van der Waals surface area contributed by atoms with Crippen molar-refractivity contribution in [2.75, 3.05) is 25.2 Å². The lowest BCUT2D eigenvalue weighted by Crippen LogP contribution is -2.30. The number of methoxy groups -OCH3 is 1. The molecule has 96 valence electrons. The van der Waals surface area contributed by atoms with Crippen LogP contribution < -0.4 is 4.90 Å². The number of ketones is 1. The molecule has 0 unspecified atom stereocenters. The quantitative estimate of drug-likeness (QED) is 0.619. The van der Waals surface area contributed by atoms with Gasteiger partial charge in [-0.3, -0.25) is 9.59 Å². The number of hydrogen-bond donors (Lipinski definition) is 0. The van der Waals surface area contributed by atoms with Gasteiger partial charge in [-0.25, -0.2) is 0 Å². The minimum atomic E-state index is -0.436. The number of carbonyl (C=O) groups is 2. The first-order valence-electron chi connectivity index (χ1n) is 5.80. The van der Waals surface area contributed by atoms with Crippen LogP contribution in [0.5, 0.6) is 0 Å². The van der Waals surface area contributed by atoms with Crippen molar-refractivity contribution >= 4 is 33.3 Å². The van der Waals surface area contributed by atoms with Crippen LogP contribution in [-0.2, 0) is 9.53 Å². The van der Waals surface area contributed by atoms with Crippen LogP contribution in [0.15, 0.2) is 22.7 Å². The van der Waals surface area contributed by atoms with E-state index in [-0.39, 0.29) is 0 Å². The first-order chi connectivity index (χ1) is 8.66. The third-order valence-electron chi connectivity index (χ3n) is 2.93. The molecular weight excluding hydrogens is 298 g/mol. The molecule has 0 spiro atoms. The Morgan fingerprint density at radius 2 is 2.06 bits per heavy atom. The zero-order valence-electron chi connectivity index (χ0n) is 10.1. The lowest BCUT2D eigenvalue weighted by molar-refractivity contribution is -0.114. The number of hydrogen-bond acceptors (Lipinski definition) is 3. The van der Waals surface area contributed by atoms with Gasteiger partial charge >= 0.3 is 0 Å². The molecule has 0 radical (unpaired) electrons. The van der Waals surface area contributed by atoms with E-state index in [1.165, 1.54) is 0 Å². The number of Topliss-reactive ketones (excluding diaryl/α,β-unsaturated/α-hetero) is 1. The van der Waals surface area contributed by atoms with Gasteiger partial charge in [0, 0.05) is 24.7 Å². The highest BCUT2D eigenvalue weighted by Crippen LogP contribution is 2.34. The van der Waals surface area contributed by atoms with Crippen molar-refractivity contribution in [2.45, 2.75) is 12.8 Å². The Kier molecular flexibility index (Phi) is 4.14. The molecule has 0 saturated heterocycles. The Morgan fingerprint density at radius 3 is 2.78 bits per heavy atom. The standard InChI is InChI=1S/C13H14BrNO3/c1-18-8-3-2-7-15-10-6-4-5-9(14)11(10)12(16)13(15)17/h4-6H,2-3,7-8H2,1H3. The Morgan fingerprint density at radius 1 is 1.28 bits per heavy atom. The molecule has 0 aliphatic carbocycles. The summed E-state index contributed by atoms with van der Waals surface area (Å²) in [4.78, 5) is 25.3. The SMILES string of the molecule is COCCCCN1C(=O)C(=O)c2c(Br)cccc21. The number of unbranched alkanes of at least 4 members (excludes halogenated alkanes) is 1. The van der Waals surface area contributed by atoms with E-state index in [1.807, 2.05) is 6.07 Å². The molecule has 2 rings (SSSR count). The smallest absolute Gasteiger partial charge is 0.299 e. The van der Waals surface area contributed by atoms with Gasteiger partial charge in [-0.2, -0.15) is 0 Å². The molecule has 1 aromatic rings. The molecule has 0 aromatic heterocycles. The van der Waals surface area contributed by atoms with Crippen molar-refractivity contribution in [2.24, 2.45) is 0 Å². The van der Waals surface area contributed by atoms with E-state index >= 15 is 0 Å². The van der Waals surface area contributed by atoms with Crippen molar-refractivity contribution in [1.29, 1.82) is 0 Å². The fourth-order valence-corrected chi connectivity index (χ4v) is 2.58. The summed E-state index contributed by atoms with van der Waals surface area (Å²) >= 11 is 3.32. The summed E-state index contributed by atoms with van der Waals surface area (Å²) in [7, 11) is 1.65. The molecule has 0 atom stereocenters. The highest BCUT2D eigenvalue weighted by Gasteiger charge is 2.36. The molecular formula is C13H14BrNO3. The second-order valence-corrected chi connectivity index (χ2v) is 4.97. The third-order valence-corrected chi connectivity index (χ3v) is 3.59. The molecule has 0 fully saturated rings. The normalized spacial score (nSPS) is 14.2. The highest BCUT2D eigenvalue weighted by atomic mass is 79.9. The minimum Gasteiger partial charge on any atom is -0.385 e. The summed E-state index contributed by atoms with van der Waals surface area (Å²) in [5.41, 5.74) is 1.19. The fourth-order valence-electron chi connectivity index (χ4n) is 2.04. The topological polar surface area (TPSA) is 46.6 Å². The number of fused-ring (bicyclic) bond motifs is 1. The van der Waals surface area contributed by atoms with E-state index < -0.39 is 11.7 Å². The average Bonchev–Trinajstić information content (AvgIpc) is 2.60. The molecule has 5 heteroatoms. The molecule has 1 aromatic carbocycles. The molecule has 1 heterocycles. The molecule has 1 amide bonds. The largest absolute Gasteiger partial charge is 0.385 e. The van der Waals surface area contributed by atoms with Crippen LogP contribution in [0, 0.1) is 0 Å². The Hall–Kier alpha value is -1.20.